The van der Waals surface area contributed by atoms with Gasteiger partial charge < -0.3 is 4.57 Å². The third kappa shape index (κ3) is 5.02. The number of aromatic nitrogens is 2. The van der Waals surface area contributed by atoms with Gasteiger partial charge in [-0.25, -0.2) is 13.4 Å². The molecule has 2 N–H and O–H groups in total. The van der Waals surface area contributed by atoms with E-state index in [1.807, 2.05) is 6.92 Å². The fourth-order valence-corrected chi connectivity index (χ4v) is 6.46. The number of thiazole rings is 1. The summed E-state index contributed by atoms with van der Waals surface area (Å²) in [6.07, 6.45) is 2.92. The molecule has 2 amide bonds. The molecule has 34 heavy (non-hydrogen) atoms. The molecular formula is C22H24ClN5O4S2. The van der Waals surface area contributed by atoms with Gasteiger partial charge in [0.25, 0.3) is 11.8 Å². The Kier molecular flexibility index (Phi) is 7.08. The first-order chi connectivity index (χ1) is 16.2. The van der Waals surface area contributed by atoms with Crippen molar-refractivity contribution < 1.29 is 18.0 Å². The van der Waals surface area contributed by atoms with Crippen LogP contribution in [-0.4, -0.2) is 47.2 Å². The van der Waals surface area contributed by atoms with E-state index in [2.05, 4.69) is 15.8 Å². The number of piperidine rings is 1. The number of hydrogen-bond donors (Lipinski definition) is 2. The van der Waals surface area contributed by atoms with Crippen LogP contribution in [0.4, 0.5) is 0 Å². The summed E-state index contributed by atoms with van der Waals surface area (Å²) < 4.78 is 29.1. The summed E-state index contributed by atoms with van der Waals surface area (Å²) >= 11 is 7.47. The highest BCUT2D eigenvalue weighted by Crippen LogP contribution is 2.33. The van der Waals surface area contributed by atoms with Gasteiger partial charge in [0, 0.05) is 42.7 Å². The lowest BCUT2D eigenvalue weighted by molar-refractivity contribution is 0.0839. The van der Waals surface area contributed by atoms with Crippen LogP contribution in [0.15, 0.2) is 46.8 Å². The molecule has 0 radical (unpaired) electrons. The first kappa shape index (κ1) is 24.4. The molecule has 180 valence electrons. The van der Waals surface area contributed by atoms with Gasteiger partial charge in [-0.15, -0.1) is 11.3 Å². The molecule has 0 bridgehead atoms. The van der Waals surface area contributed by atoms with Crippen molar-refractivity contribution >= 4 is 44.8 Å². The highest BCUT2D eigenvalue weighted by Gasteiger charge is 2.31. The smallest absolute Gasteiger partial charge is 0.289 e. The van der Waals surface area contributed by atoms with Crippen molar-refractivity contribution in [1.82, 2.24) is 24.7 Å². The normalized spacial score (nSPS) is 15.3. The Balaban J connectivity index is 1.34. The van der Waals surface area contributed by atoms with E-state index in [0.717, 1.165) is 10.6 Å². The number of benzene rings is 1. The number of rotatable bonds is 5. The molecular weight excluding hydrogens is 498 g/mol. The Morgan fingerprint density at radius 2 is 1.85 bits per heavy atom. The van der Waals surface area contributed by atoms with Gasteiger partial charge in [-0.3, -0.25) is 20.4 Å². The number of nitrogens with zero attached hydrogens (tertiary/aromatic N) is 3. The minimum absolute atomic E-state index is 0.0533. The SMILES string of the molecule is Cc1ccc(S(=O)(=O)N2CCC(c3nc(C(=O)NNC(=O)c4cccn4C)cs3)CC2)cc1Cl. The van der Waals surface area contributed by atoms with Crippen molar-refractivity contribution in [3.05, 3.63) is 68.9 Å². The van der Waals surface area contributed by atoms with Crippen molar-refractivity contribution in [2.45, 2.75) is 30.6 Å². The molecule has 0 unspecified atom stereocenters. The van der Waals surface area contributed by atoms with Gasteiger partial charge in [-0.2, -0.15) is 4.31 Å². The van der Waals surface area contributed by atoms with Crippen LogP contribution in [0.25, 0.3) is 0 Å². The van der Waals surface area contributed by atoms with E-state index in [-0.39, 0.29) is 16.5 Å². The maximum Gasteiger partial charge on any atom is 0.289 e. The zero-order valence-corrected chi connectivity index (χ0v) is 21.0. The van der Waals surface area contributed by atoms with Gasteiger partial charge in [-0.1, -0.05) is 17.7 Å². The summed E-state index contributed by atoms with van der Waals surface area (Å²) in [7, 11) is -1.89. The topological polar surface area (TPSA) is 113 Å². The minimum Gasteiger partial charge on any atom is -0.347 e. The first-order valence-corrected chi connectivity index (χ1v) is 13.3. The van der Waals surface area contributed by atoms with Crippen molar-refractivity contribution in [3.63, 3.8) is 0 Å². The number of sulfonamides is 1. The number of amides is 2. The number of halogens is 1. The summed E-state index contributed by atoms with van der Waals surface area (Å²) in [5, 5.41) is 2.83. The lowest BCUT2D eigenvalue weighted by Gasteiger charge is -2.30. The zero-order valence-electron chi connectivity index (χ0n) is 18.6. The third-order valence-corrected chi connectivity index (χ3v) is 9.11. The van der Waals surface area contributed by atoms with E-state index in [4.69, 9.17) is 11.6 Å². The molecule has 3 aromatic rings. The van der Waals surface area contributed by atoms with Crippen LogP contribution in [0.2, 0.25) is 5.02 Å². The maximum atomic E-state index is 13.0. The minimum atomic E-state index is -3.63. The van der Waals surface area contributed by atoms with E-state index in [9.17, 15) is 18.0 Å². The van der Waals surface area contributed by atoms with E-state index in [0.29, 0.717) is 36.6 Å². The molecule has 0 saturated carbocycles. The summed E-state index contributed by atoms with van der Waals surface area (Å²) in [4.78, 5) is 29.2. The lowest BCUT2D eigenvalue weighted by Crippen LogP contribution is -2.42. The van der Waals surface area contributed by atoms with E-state index in [1.165, 1.54) is 21.7 Å². The zero-order chi connectivity index (χ0) is 24.5. The monoisotopic (exact) mass is 521 g/mol. The fraction of sp³-hybridized carbons (Fsp3) is 0.318. The molecule has 0 atom stereocenters. The molecule has 3 heterocycles. The van der Waals surface area contributed by atoms with Crippen molar-refractivity contribution in [3.8, 4) is 0 Å². The third-order valence-electron chi connectivity index (χ3n) is 5.80. The number of hydrazine groups is 1. The number of carbonyl (C=O) groups is 2. The summed E-state index contributed by atoms with van der Waals surface area (Å²) in [5.74, 6) is -0.890. The van der Waals surface area contributed by atoms with Crippen LogP contribution < -0.4 is 10.9 Å². The lowest BCUT2D eigenvalue weighted by atomic mass is 9.99. The average Bonchev–Trinajstić information content (AvgIpc) is 3.48. The average molecular weight is 522 g/mol. The van der Waals surface area contributed by atoms with E-state index >= 15 is 0 Å². The molecule has 2 aromatic heterocycles. The Hall–Kier alpha value is -2.73. The summed E-state index contributed by atoms with van der Waals surface area (Å²) in [6, 6.07) is 8.14. The number of carbonyl (C=O) groups excluding carboxylic acids is 2. The number of aryl methyl sites for hydroxylation is 2. The standard InChI is InChI=1S/C22H24ClN5O4S2/c1-14-5-6-16(12-17(14)23)34(31,32)28-10-7-15(8-11-28)22-24-18(13-33-22)20(29)25-26-21(30)19-4-3-9-27(19)2/h3-6,9,12-13,15H,7-8,10-11H2,1-2H3,(H,25,29)(H,26,30). The molecule has 1 fully saturated rings. The second-order valence-corrected chi connectivity index (χ2v) is 11.3. The van der Waals surface area contributed by atoms with Crippen LogP contribution >= 0.6 is 22.9 Å². The van der Waals surface area contributed by atoms with Gasteiger partial charge in [0.15, 0.2) is 0 Å². The number of hydrogen-bond acceptors (Lipinski definition) is 6. The van der Waals surface area contributed by atoms with E-state index < -0.39 is 21.8 Å². The van der Waals surface area contributed by atoms with Crippen LogP contribution in [0.1, 0.15) is 50.3 Å². The quantitative estimate of drug-likeness (QED) is 0.501. The summed E-state index contributed by atoms with van der Waals surface area (Å²) in [5.41, 5.74) is 6.20. The predicted octanol–water partition coefficient (Wildman–Crippen LogP) is 3.09. The molecule has 1 aliphatic rings. The highest BCUT2D eigenvalue weighted by molar-refractivity contribution is 7.89. The molecule has 0 aliphatic carbocycles. The Bertz CT molecular complexity index is 1330. The highest BCUT2D eigenvalue weighted by atomic mass is 35.5. The van der Waals surface area contributed by atoms with Gasteiger partial charge in [0.05, 0.1) is 9.90 Å². The molecule has 1 aliphatic heterocycles. The summed E-state index contributed by atoms with van der Waals surface area (Å²) in [6.45, 7) is 2.53. The van der Waals surface area contributed by atoms with E-state index in [1.54, 1.807) is 47.5 Å². The fourth-order valence-electron chi connectivity index (χ4n) is 3.74. The predicted molar refractivity (Wildman–Crippen MR) is 129 cm³/mol. The van der Waals surface area contributed by atoms with Crippen LogP contribution in [0, 0.1) is 6.92 Å². The molecule has 9 nitrogen and oxygen atoms in total. The Labute approximate surface area is 206 Å². The van der Waals surface area contributed by atoms with Crippen LogP contribution in [-0.2, 0) is 17.1 Å². The molecule has 0 spiro atoms. The first-order valence-electron chi connectivity index (χ1n) is 10.6. The molecule has 12 heteroatoms. The Morgan fingerprint density at radius 3 is 2.50 bits per heavy atom. The van der Waals surface area contributed by atoms with Crippen LogP contribution in [0.5, 0.6) is 0 Å². The largest absolute Gasteiger partial charge is 0.347 e. The number of nitrogens with one attached hydrogen (secondary N) is 2. The van der Waals surface area contributed by atoms with Gasteiger partial charge in [0.1, 0.15) is 11.4 Å². The van der Waals surface area contributed by atoms with Gasteiger partial charge in [0.2, 0.25) is 10.0 Å². The molecule has 1 aromatic carbocycles. The maximum absolute atomic E-state index is 13.0. The van der Waals surface area contributed by atoms with Gasteiger partial charge >= 0.3 is 0 Å². The second kappa shape index (κ2) is 9.87. The van der Waals surface area contributed by atoms with Crippen molar-refractivity contribution in [2.75, 3.05) is 13.1 Å². The van der Waals surface area contributed by atoms with Gasteiger partial charge in [-0.05, 0) is 49.6 Å². The second-order valence-electron chi connectivity index (χ2n) is 8.07. The molecule has 1 saturated heterocycles. The van der Waals surface area contributed by atoms with Crippen molar-refractivity contribution in [2.24, 2.45) is 7.05 Å². The molecule has 4 rings (SSSR count). The Morgan fingerprint density at radius 1 is 1.15 bits per heavy atom. The van der Waals surface area contributed by atoms with Crippen LogP contribution in [0.3, 0.4) is 0 Å². The van der Waals surface area contributed by atoms with Crippen molar-refractivity contribution in [1.29, 1.82) is 0 Å².